The molecule has 2 aromatic rings. The summed E-state index contributed by atoms with van der Waals surface area (Å²) >= 11 is 5.97. The monoisotopic (exact) mass is 333 g/mol. The number of hydrogen-bond acceptors (Lipinski definition) is 2. The zero-order valence-corrected chi connectivity index (χ0v) is 14.4. The Bertz CT molecular complexity index is 688. The molecule has 2 rings (SSSR count). The number of halogens is 1. The van der Waals surface area contributed by atoms with E-state index in [2.05, 4.69) is 12.2 Å². The molecule has 3 N–H and O–H groups in total. The number of hydrogen-bond donors (Lipinski definition) is 2. The van der Waals surface area contributed by atoms with E-state index in [1.807, 2.05) is 48.6 Å². The Hall–Kier alpha value is -2.04. The molecule has 0 spiro atoms. The van der Waals surface area contributed by atoms with Crippen LogP contribution in [-0.2, 0) is 4.79 Å². The van der Waals surface area contributed by atoms with Crippen molar-refractivity contribution in [2.75, 3.05) is 19.0 Å². The number of amides is 1. The van der Waals surface area contributed by atoms with Crippen LogP contribution in [0.2, 0.25) is 5.02 Å². The van der Waals surface area contributed by atoms with Gasteiger partial charge in [-0.15, -0.1) is 0 Å². The Balaban J connectivity index is 1.95. The minimum Gasteiger partial charge on any atom is -0.496 e. The largest absolute Gasteiger partial charge is 0.496 e. The van der Waals surface area contributed by atoms with E-state index in [-0.39, 0.29) is 11.9 Å². The second kappa shape index (κ2) is 7.99. The van der Waals surface area contributed by atoms with Gasteiger partial charge in [-0.3, -0.25) is 4.79 Å². The average molecular weight is 334 g/mol. The third-order valence-electron chi connectivity index (χ3n) is 3.76. The molecular formula is C18H22ClN2O2+. The van der Waals surface area contributed by atoms with Crippen molar-refractivity contribution >= 4 is 23.2 Å². The van der Waals surface area contributed by atoms with Crippen LogP contribution in [0.15, 0.2) is 42.5 Å². The van der Waals surface area contributed by atoms with Crippen LogP contribution in [0.1, 0.15) is 24.1 Å². The van der Waals surface area contributed by atoms with Gasteiger partial charge in [0.15, 0.2) is 6.54 Å². The Morgan fingerprint density at radius 3 is 2.78 bits per heavy atom. The van der Waals surface area contributed by atoms with Crippen LogP contribution in [0.25, 0.3) is 0 Å². The quantitative estimate of drug-likeness (QED) is 0.854. The highest BCUT2D eigenvalue weighted by molar-refractivity contribution is 6.31. The molecule has 1 amide bonds. The molecule has 0 fully saturated rings. The molecule has 0 heterocycles. The number of ether oxygens (including phenoxy) is 1. The number of carbonyl (C=O) groups is 1. The number of aryl methyl sites for hydroxylation is 1. The number of methoxy groups -OCH3 is 1. The first-order chi connectivity index (χ1) is 11.0. The molecule has 1 atom stereocenters. The van der Waals surface area contributed by atoms with Crippen molar-refractivity contribution in [3.05, 3.63) is 58.6 Å². The molecule has 0 saturated carbocycles. The molecule has 0 radical (unpaired) electrons. The second-order valence-electron chi connectivity index (χ2n) is 5.48. The fraction of sp³-hybridized carbons (Fsp3) is 0.278. The summed E-state index contributed by atoms with van der Waals surface area (Å²) in [6.45, 7) is 4.31. The fourth-order valence-corrected chi connectivity index (χ4v) is 2.56. The highest BCUT2D eigenvalue weighted by atomic mass is 35.5. The van der Waals surface area contributed by atoms with E-state index in [0.717, 1.165) is 22.6 Å². The highest BCUT2D eigenvalue weighted by Crippen LogP contribution is 2.22. The van der Waals surface area contributed by atoms with Crippen LogP contribution in [0.3, 0.4) is 0 Å². The van der Waals surface area contributed by atoms with Crippen LogP contribution in [0.5, 0.6) is 5.75 Å². The Morgan fingerprint density at radius 1 is 1.30 bits per heavy atom. The lowest BCUT2D eigenvalue weighted by atomic mass is 10.1. The lowest BCUT2D eigenvalue weighted by molar-refractivity contribution is -0.682. The highest BCUT2D eigenvalue weighted by Gasteiger charge is 2.15. The first kappa shape index (κ1) is 17.3. The average Bonchev–Trinajstić information content (AvgIpc) is 2.56. The van der Waals surface area contributed by atoms with Gasteiger partial charge < -0.3 is 15.4 Å². The predicted octanol–water partition coefficient (Wildman–Crippen LogP) is 2.92. The van der Waals surface area contributed by atoms with Crippen LogP contribution < -0.4 is 15.4 Å². The maximum Gasteiger partial charge on any atom is 0.279 e. The summed E-state index contributed by atoms with van der Waals surface area (Å²) in [5.41, 5.74) is 2.81. The number of anilines is 1. The third kappa shape index (κ3) is 4.71. The summed E-state index contributed by atoms with van der Waals surface area (Å²) in [5, 5.41) is 5.49. The van der Waals surface area contributed by atoms with Gasteiger partial charge in [0, 0.05) is 10.7 Å². The zero-order chi connectivity index (χ0) is 16.8. The van der Waals surface area contributed by atoms with Crippen molar-refractivity contribution in [1.82, 2.24) is 0 Å². The third-order valence-corrected chi connectivity index (χ3v) is 4.00. The second-order valence-corrected chi connectivity index (χ2v) is 5.91. The van der Waals surface area contributed by atoms with Crippen LogP contribution in [0, 0.1) is 6.92 Å². The number of carbonyl (C=O) groups excluding carboxylic acids is 1. The van der Waals surface area contributed by atoms with Gasteiger partial charge in [-0.25, -0.2) is 0 Å². The van der Waals surface area contributed by atoms with Crippen molar-refractivity contribution in [3.8, 4) is 5.75 Å². The van der Waals surface area contributed by atoms with Gasteiger partial charge in [0.05, 0.1) is 12.7 Å². The molecule has 4 nitrogen and oxygen atoms in total. The zero-order valence-electron chi connectivity index (χ0n) is 13.6. The van der Waals surface area contributed by atoms with Crippen molar-refractivity contribution in [1.29, 1.82) is 0 Å². The Labute approximate surface area is 141 Å². The smallest absolute Gasteiger partial charge is 0.279 e. The molecule has 122 valence electrons. The number of para-hydroxylation sites is 1. The van der Waals surface area contributed by atoms with Gasteiger partial charge in [0.2, 0.25) is 0 Å². The lowest BCUT2D eigenvalue weighted by Crippen LogP contribution is -2.86. The van der Waals surface area contributed by atoms with E-state index in [0.29, 0.717) is 11.6 Å². The van der Waals surface area contributed by atoms with E-state index in [1.165, 1.54) is 0 Å². The summed E-state index contributed by atoms with van der Waals surface area (Å²) in [5.74, 6) is 0.777. The van der Waals surface area contributed by atoms with Crippen LogP contribution in [0.4, 0.5) is 5.69 Å². The molecule has 0 aliphatic carbocycles. The molecule has 23 heavy (non-hydrogen) atoms. The molecular weight excluding hydrogens is 312 g/mol. The molecule has 0 bridgehead atoms. The fourth-order valence-electron chi connectivity index (χ4n) is 2.38. The standard InChI is InChI=1S/C18H21ClN2O2/c1-12-8-9-14(19)10-16(12)21-18(22)11-20-13(2)15-6-4-5-7-17(15)23-3/h4-10,13,20H,11H2,1-3H3,(H,21,22)/p+1/t13-/m1/s1. The summed E-state index contributed by atoms with van der Waals surface area (Å²) in [7, 11) is 1.65. The van der Waals surface area contributed by atoms with Crippen molar-refractivity contribution in [2.24, 2.45) is 0 Å². The van der Waals surface area contributed by atoms with E-state index < -0.39 is 0 Å². The van der Waals surface area contributed by atoms with Gasteiger partial charge in [-0.05, 0) is 43.7 Å². The maximum absolute atomic E-state index is 12.1. The molecule has 5 heteroatoms. The van der Waals surface area contributed by atoms with Crippen molar-refractivity contribution < 1.29 is 14.8 Å². The molecule has 0 unspecified atom stereocenters. The minimum absolute atomic E-state index is 0.0582. The van der Waals surface area contributed by atoms with Crippen molar-refractivity contribution in [2.45, 2.75) is 19.9 Å². The van der Waals surface area contributed by atoms with E-state index in [1.54, 1.807) is 13.2 Å². The number of nitrogens with one attached hydrogen (secondary N) is 1. The summed E-state index contributed by atoms with van der Waals surface area (Å²) < 4.78 is 5.36. The molecule has 2 aromatic carbocycles. The number of quaternary nitrogens is 1. The first-order valence-electron chi connectivity index (χ1n) is 7.53. The normalized spacial score (nSPS) is 11.8. The van der Waals surface area contributed by atoms with Gasteiger partial charge in [0.25, 0.3) is 5.91 Å². The Morgan fingerprint density at radius 2 is 2.04 bits per heavy atom. The Kier molecular flexibility index (Phi) is 6.02. The lowest BCUT2D eigenvalue weighted by Gasteiger charge is -2.14. The summed E-state index contributed by atoms with van der Waals surface area (Å²) in [6, 6.07) is 13.4. The van der Waals surface area contributed by atoms with E-state index in [9.17, 15) is 4.79 Å². The molecule has 0 saturated heterocycles. The van der Waals surface area contributed by atoms with Gasteiger partial charge in [-0.1, -0.05) is 29.8 Å². The van der Waals surface area contributed by atoms with Gasteiger partial charge in [-0.2, -0.15) is 0 Å². The molecule has 0 aliphatic heterocycles. The molecule has 0 aliphatic rings. The van der Waals surface area contributed by atoms with Gasteiger partial charge in [0.1, 0.15) is 11.8 Å². The number of nitrogens with two attached hydrogens (primary N) is 1. The predicted molar refractivity (Wildman–Crippen MR) is 93.0 cm³/mol. The maximum atomic E-state index is 12.1. The topological polar surface area (TPSA) is 54.9 Å². The van der Waals surface area contributed by atoms with Crippen molar-refractivity contribution in [3.63, 3.8) is 0 Å². The summed E-state index contributed by atoms with van der Waals surface area (Å²) in [4.78, 5) is 12.1. The molecule has 0 aromatic heterocycles. The van der Waals surface area contributed by atoms with E-state index in [4.69, 9.17) is 16.3 Å². The minimum atomic E-state index is -0.0582. The summed E-state index contributed by atoms with van der Waals surface area (Å²) in [6.07, 6.45) is 0. The first-order valence-corrected chi connectivity index (χ1v) is 7.91. The number of rotatable bonds is 6. The van der Waals surface area contributed by atoms with Crippen LogP contribution >= 0.6 is 11.6 Å². The van der Waals surface area contributed by atoms with Crippen LogP contribution in [-0.4, -0.2) is 19.6 Å². The van der Waals surface area contributed by atoms with E-state index >= 15 is 0 Å². The van der Waals surface area contributed by atoms with Gasteiger partial charge >= 0.3 is 0 Å². The SMILES string of the molecule is COc1ccccc1[C@@H](C)[NH2+]CC(=O)Nc1cc(Cl)ccc1C. The number of benzene rings is 2.